The molecule has 1 fully saturated rings. The van der Waals surface area contributed by atoms with Crippen molar-refractivity contribution >= 4 is 5.65 Å². The van der Waals surface area contributed by atoms with E-state index in [0.29, 0.717) is 11.8 Å². The summed E-state index contributed by atoms with van der Waals surface area (Å²) >= 11 is 0. The van der Waals surface area contributed by atoms with Crippen molar-refractivity contribution in [3.63, 3.8) is 0 Å². The quantitative estimate of drug-likeness (QED) is 0.512. The molecule has 1 unspecified atom stereocenters. The summed E-state index contributed by atoms with van der Waals surface area (Å²) < 4.78 is 13.4. The van der Waals surface area contributed by atoms with Gasteiger partial charge >= 0.3 is 0 Å². The first-order valence-electron chi connectivity index (χ1n) is 11.5. The smallest absolute Gasteiger partial charge is 0.231 e. The van der Waals surface area contributed by atoms with Gasteiger partial charge in [-0.2, -0.15) is 0 Å². The second-order valence-electron chi connectivity index (χ2n) is 8.63. The van der Waals surface area contributed by atoms with Crippen molar-refractivity contribution in [2.75, 3.05) is 46.4 Å². The number of methoxy groups -OCH3 is 1. The lowest BCUT2D eigenvalue weighted by Crippen LogP contribution is -2.45. The van der Waals surface area contributed by atoms with Crippen LogP contribution in [0, 0.1) is 0 Å². The highest BCUT2D eigenvalue weighted by Crippen LogP contribution is 2.40. The second kappa shape index (κ2) is 8.50. The number of rotatable bonds is 5. The lowest BCUT2D eigenvalue weighted by molar-refractivity contribution is 0.211. The first kappa shape index (κ1) is 20.2. The van der Waals surface area contributed by atoms with Crippen molar-refractivity contribution in [3.05, 3.63) is 66.2 Å². The van der Waals surface area contributed by atoms with Crippen LogP contribution in [0.4, 0.5) is 0 Å². The highest BCUT2D eigenvalue weighted by atomic mass is 16.5. The van der Waals surface area contributed by atoms with Crippen LogP contribution < -0.4 is 14.8 Å². The van der Waals surface area contributed by atoms with Gasteiger partial charge in [-0.25, -0.2) is 9.50 Å². The molecule has 1 saturated heterocycles. The molecule has 4 heterocycles. The minimum Gasteiger partial charge on any atom is -0.493 e. The van der Waals surface area contributed by atoms with Crippen molar-refractivity contribution in [2.24, 2.45) is 0 Å². The number of ether oxygens (including phenoxy) is 2. The topological polar surface area (TPSA) is 63.9 Å². The van der Waals surface area contributed by atoms with E-state index in [1.165, 1.54) is 5.56 Å². The number of piperazine rings is 1. The number of fused-ring (bicyclic) bond motifs is 2. The highest BCUT2D eigenvalue weighted by molar-refractivity contribution is 5.82. The maximum Gasteiger partial charge on any atom is 0.231 e. The molecule has 2 aromatic heterocycles. The third-order valence-electron chi connectivity index (χ3n) is 6.56. The summed E-state index contributed by atoms with van der Waals surface area (Å²) in [5.74, 6) is 1.93. The standard InChI is InChI=1S/C26H27N5O2/c1-32-24-10-9-23-28-25(26(31(23)29-24)18-5-3-2-4-6-18)19-7-8-21-20(17-33-22(21)15-19)16-30-13-11-27-12-14-30/h2-10,15,20,27H,11-14,16-17H2,1H3. The molecule has 1 N–H and O–H groups in total. The van der Waals surface area contributed by atoms with Crippen LogP contribution in [0.2, 0.25) is 0 Å². The van der Waals surface area contributed by atoms with Gasteiger partial charge in [0.2, 0.25) is 5.88 Å². The molecule has 0 radical (unpaired) electrons. The summed E-state index contributed by atoms with van der Waals surface area (Å²) in [7, 11) is 1.63. The fourth-order valence-corrected chi connectivity index (χ4v) is 4.86. The van der Waals surface area contributed by atoms with Crippen LogP contribution >= 0.6 is 0 Å². The van der Waals surface area contributed by atoms with Crippen LogP contribution in [0.3, 0.4) is 0 Å². The summed E-state index contributed by atoms with van der Waals surface area (Å²) in [4.78, 5) is 7.48. The van der Waals surface area contributed by atoms with Crippen LogP contribution in [0.15, 0.2) is 60.7 Å². The van der Waals surface area contributed by atoms with E-state index in [1.54, 1.807) is 7.11 Å². The van der Waals surface area contributed by atoms with Crippen molar-refractivity contribution in [1.29, 1.82) is 0 Å². The van der Waals surface area contributed by atoms with E-state index in [4.69, 9.17) is 14.5 Å². The Labute approximate surface area is 193 Å². The molecule has 0 amide bonds. The van der Waals surface area contributed by atoms with Crippen LogP contribution in [0.25, 0.3) is 28.2 Å². The number of aromatic nitrogens is 3. The monoisotopic (exact) mass is 441 g/mol. The molecule has 7 nitrogen and oxygen atoms in total. The van der Waals surface area contributed by atoms with Crippen molar-refractivity contribution < 1.29 is 9.47 Å². The van der Waals surface area contributed by atoms with Gasteiger partial charge in [-0.15, -0.1) is 5.10 Å². The molecule has 4 aromatic rings. The molecule has 168 valence electrons. The Morgan fingerprint density at radius 1 is 1.03 bits per heavy atom. The summed E-state index contributed by atoms with van der Waals surface area (Å²) in [5, 5.41) is 8.08. The zero-order valence-electron chi connectivity index (χ0n) is 18.7. The minimum absolute atomic E-state index is 0.410. The summed E-state index contributed by atoms with van der Waals surface area (Å²) in [6.45, 7) is 6.10. The minimum atomic E-state index is 0.410. The van der Waals surface area contributed by atoms with Gasteiger partial charge in [-0.3, -0.25) is 0 Å². The Balaban J connectivity index is 1.40. The van der Waals surface area contributed by atoms with Crippen LogP contribution in [-0.4, -0.2) is 65.9 Å². The molecule has 0 aliphatic carbocycles. The fourth-order valence-electron chi connectivity index (χ4n) is 4.86. The second-order valence-corrected chi connectivity index (χ2v) is 8.63. The average Bonchev–Trinajstić information content (AvgIpc) is 3.45. The maximum absolute atomic E-state index is 6.16. The van der Waals surface area contributed by atoms with Crippen LogP contribution in [-0.2, 0) is 0 Å². The van der Waals surface area contributed by atoms with Gasteiger partial charge in [-0.05, 0) is 12.1 Å². The summed E-state index contributed by atoms with van der Waals surface area (Å²) in [6, 6.07) is 20.6. The lowest BCUT2D eigenvalue weighted by Gasteiger charge is -2.29. The van der Waals surface area contributed by atoms with Gasteiger partial charge in [0.15, 0.2) is 5.65 Å². The number of hydrogen-bond donors (Lipinski definition) is 1. The molecular weight excluding hydrogens is 414 g/mol. The fraction of sp³-hybridized carbons (Fsp3) is 0.308. The summed E-state index contributed by atoms with van der Waals surface area (Å²) in [6.07, 6.45) is 0. The molecular formula is C26H27N5O2. The van der Waals surface area contributed by atoms with E-state index >= 15 is 0 Å². The van der Waals surface area contributed by atoms with E-state index in [1.807, 2.05) is 34.8 Å². The molecule has 2 aliphatic rings. The van der Waals surface area contributed by atoms with Gasteiger partial charge in [0.05, 0.1) is 19.4 Å². The number of nitrogens with zero attached hydrogens (tertiary/aromatic N) is 4. The zero-order valence-corrected chi connectivity index (χ0v) is 18.7. The molecule has 0 bridgehead atoms. The Morgan fingerprint density at radius 3 is 2.70 bits per heavy atom. The predicted octanol–water partition coefficient (Wildman–Crippen LogP) is 3.45. The molecule has 6 rings (SSSR count). The van der Waals surface area contributed by atoms with Crippen molar-refractivity contribution in [1.82, 2.24) is 24.8 Å². The largest absolute Gasteiger partial charge is 0.493 e. The Bertz CT molecular complexity index is 1280. The molecule has 2 aliphatic heterocycles. The SMILES string of the molecule is COc1ccc2nc(-c3ccc4c(c3)OCC4CN3CCNCC3)c(-c3ccccc3)n2n1. The zero-order chi connectivity index (χ0) is 22.2. The molecule has 2 aromatic carbocycles. The third kappa shape index (κ3) is 3.73. The van der Waals surface area contributed by atoms with E-state index in [-0.39, 0.29) is 0 Å². The molecule has 7 heteroatoms. The van der Waals surface area contributed by atoms with Crippen molar-refractivity contribution in [3.8, 4) is 34.1 Å². The van der Waals surface area contributed by atoms with Gasteiger partial charge in [0, 0.05) is 61.4 Å². The summed E-state index contributed by atoms with van der Waals surface area (Å²) in [5.41, 5.74) is 5.99. The third-order valence-corrected chi connectivity index (χ3v) is 6.56. The predicted molar refractivity (Wildman–Crippen MR) is 128 cm³/mol. The average molecular weight is 442 g/mol. The Kier molecular flexibility index (Phi) is 5.20. The molecule has 1 atom stereocenters. The number of benzene rings is 2. The Hall–Kier alpha value is -3.42. The van der Waals surface area contributed by atoms with Gasteiger partial charge < -0.3 is 19.7 Å². The maximum atomic E-state index is 6.16. The Morgan fingerprint density at radius 2 is 1.88 bits per heavy atom. The highest BCUT2D eigenvalue weighted by Gasteiger charge is 2.28. The van der Waals surface area contributed by atoms with E-state index in [2.05, 4.69) is 45.6 Å². The van der Waals surface area contributed by atoms with Gasteiger partial charge in [-0.1, -0.05) is 42.5 Å². The normalized spacial score (nSPS) is 18.3. The molecule has 0 saturated carbocycles. The van der Waals surface area contributed by atoms with Gasteiger partial charge in [0.1, 0.15) is 11.4 Å². The molecule has 0 spiro atoms. The number of nitrogens with one attached hydrogen (secondary N) is 1. The van der Waals surface area contributed by atoms with Crippen LogP contribution in [0.5, 0.6) is 11.6 Å². The van der Waals surface area contributed by atoms with E-state index in [0.717, 1.165) is 73.2 Å². The van der Waals surface area contributed by atoms with Gasteiger partial charge in [0.25, 0.3) is 0 Å². The lowest BCUT2D eigenvalue weighted by atomic mass is 9.97. The van der Waals surface area contributed by atoms with E-state index < -0.39 is 0 Å². The van der Waals surface area contributed by atoms with Crippen molar-refractivity contribution in [2.45, 2.75) is 5.92 Å². The van der Waals surface area contributed by atoms with E-state index in [9.17, 15) is 0 Å². The number of hydrogen-bond acceptors (Lipinski definition) is 6. The first-order valence-corrected chi connectivity index (χ1v) is 11.5. The first-order chi connectivity index (χ1) is 16.3. The molecule has 33 heavy (non-hydrogen) atoms. The number of imidazole rings is 1. The van der Waals surface area contributed by atoms with Crippen LogP contribution in [0.1, 0.15) is 11.5 Å².